The molecule has 78 valence electrons. The van der Waals surface area contributed by atoms with Crippen LogP contribution in [0.1, 0.15) is 20.8 Å². The largest absolute Gasteiger partial charge is 0.478 e. The average Bonchev–Trinajstić information content (AvgIpc) is 2.72. The van der Waals surface area contributed by atoms with Gasteiger partial charge in [-0.1, -0.05) is 0 Å². The maximum absolute atomic E-state index is 5.53. The molecule has 0 saturated carbocycles. The first-order valence-electron chi connectivity index (χ1n) is 4.99. The quantitative estimate of drug-likeness (QED) is 0.667. The first kappa shape index (κ1) is 9.49. The van der Waals surface area contributed by atoms with Crippen LogP contribution >= 0.6 is 0 Å². The minimum absolute atomic E-state index is 0.256. The molecule has 0 bridgehead atoms. The Morgan fingerprint density at radius 2 is 2.07 bits per heavy atom. The number of nitrogens with zero attached hydrogens (tertiary/aromatic N) is 2. The predicted octanol–water partition coefficient (Wildman–Crippen LogP) is 1.26. The molecule has 2 rings (SSSR count). The van der Waals surface area contributed by atoms with E-state index in [1.165, 1.54) is 0 Å². The number of rotatable bonds is 2. The molecular formula is C10H16N2O2. The summed E-state index contributed by atoms with van der Waals surface area (Å²) in [4.78, 5) is 8.75. The van der Waals surface area contributed by atoms with Crippen LogP contribution in [0.25, 0.3) is 0 Å². The van der Waals surface area contributed by atoms with E-state index in [0.29, 0.717) is 13.2 Å². The van der Waals surface area contributed by atoms with E-state index in [4.69, 9.17) is 9.47 Å². The van der Waals surface area contributed by atoms with E-state index in [9.17, 15) is 0 Å². The molecule has 0 aliphatic carbocycles. The average molecular weight is 196 g/mol. The highest BCUT2D eigenvalue weighted by Crippen LogP contribution is 2.27. The Labute approximate surface area is 84.0 Å². The SMILES string of the molecule is CC1COC(C(C)(C)C2=NCCO2)=N1. The van der Waals surface area contributed by atoms with E-state index in [0.717, 1.165) is 18.3 Å². The zero-order valence-corrected chi connectivity index (χ0v) is 8.91. The molecule has 2 aliphatic rings. The Bertz CT molecular complexity index is 294. The smallest absolute Gasteiger partial charge is 0.199 e. The zero-order chi connectivity index (χ0) is 10.2. The van der Waals surface area contributed by atoms with E-state index in [2.05, 4.69) is 9.98 Å². The number of aliphatic imine (C=N–C) groups is 2. The van der Waals surface area contributed by atoms with E-state index in [-0.39, 0.29) is 11.5 Å². The van der Waals surface area contributed by atoms with E-state index in [1.54, 1.807) is 0 Å². The number of ether oxygens (including phenoxy) is 2. The molecule has 0 aromatic rings. The maximum Gasteiger partial charge on any atom is 0.199 e. The van der Waals surface area contributed by atoms with Gasteiger partial charge in [0.05, 0.1) is 12.6 Å². The van der Waals surface area contributed by atoms with Crippen molar-refractivity contribution in [1.82, 2.24) is 0 Å². The normalized spacial score (nSPS) is 26.6. The lowest BCUT2D eigenvalue weighted by atomic mass is 9.93. The van der Waals surface area contributed by atoms with Crippen LogP contribution in [-0.2, 0) is 9.47 Å². The summed E-state index contributed by atoms with van der Waals surface area (Å²) in [6.07, 6.45) is 0. The van der Waals surface area contributed by atoms with Crippen LogP contribution < -0.4 is 0 Å². The molecule has 0 radical (unpaired) electrons. The molecule has 2 heterocycles. The second-order valence-electron chi connectivity index (χ2n) is 4.25. The molecule has 1 atom stereocenters. The summed E-state index contributed by atoms with van der Waals surface area (Å²) in [5, 5.41) is 0. The highest BCUT2D eigenvalue weighted by atomic mass is 16.5. The van der Waals surface area contributed by atoms with Gasteiger partial charge in [0.25, 0.3) is 0 Å². The molecule has 0 spiro atoms. The van der Waals surface area contributed by atoms with Crippen LogP contribution in [-0.4, -0.2) is 37.6 Å². The van der Waals surface area contributed by atoms with E-state index >= 15 is 0 Å². The fourth-order valence-electron chi connectivity index (χ4n) is 1.62. The molecule has 0 amide bonds. The maximum atomic E-state index is 5.53. The van der Waals surface area contributed by atoms with Crippen LogP contribution in [0.4, 0.5) is 0 Å². The van der Waals surface area contributed by atoms with Gasteiger partial charge in [0.15, 0.2) is 11.8 Å². The number of hydrogen-bond acceptors (Lipinski definition) is 4. The summed E-state index contributed by atoms with van der Waals surface area (Å²) in [6.45, 7) is 8.22. The predicted molar refractivity (Wildman–Crippen MR) is 54.9 cm³/mol. The fourth-order valence-corrected chi connectivity index (χ4v) is 1.62. The Morgan fingerprint density at radius 1 is 1.29 bits per heavy atom. The van der Waals surface area contributed by atoms with Crippen molar-refractivity contribution >= 4 is 11.8 Å². The lowest BCUT2D eigenvalue weighted by molar-refractivity contribution is 0.273. The molecule has 2 aliphatic heterocycles. The second kappa shape index (κ2) is 3.26. The van der Waals surface area contributed by atoms with Crippen LogP contribution in [0.3, 0.4) is 0 Å². The Kier molecular flexibility index (Phi) is 2.21. The summed E-state index contributed by atoms with van der Waals surface area (Å²) in [5.74, 6) is 1.51. The standard InChI is InChI=1S/C10H16N2O2/c1-7-6-14-9(12-7)10(2,3)8-11-4-5-13-8/h7H,4-6H2,1-3H3. The first-order valence-corrected chi connectivity index (χ1v) is 4.99. The Morgan fingerprint density at radius 3 is 2.57 bits per heavy atom. The van der Waals surface area contributed by atoms with Crippen molar-refractivity contribution in [2.45, 2.75) is 26.8 Å². The van der Waals surface area contributed by atoms with Crippen molar-refractivity contribution in [3.8, 4) is 0 Å². The van der Waals surface area contributed by atoms with Gasteiger partial charge in [-0.3, -0.25) is 4.99 Å². The van der Waals surface area contributed by atoms with Gasteiger partial charge in [-0.15, -0.1) is 0 Å². The van der Waals surface area contributed by atoms with Gasteiger partial charge in [0.1, 0.15) is 18.6 Å². The van der Waals surface area contributed by atoms with Crippen LogP contribution in [0.5, 0.6) is 0 Å². The zero-order valence-electron chi connectivity index (χ0n) is 8.91. The third-order valence-electron chi connectivity index (χ3n) is 2.45. The Balaban J connectivity index is 2.19. The summed E-state index contributed by atoms with van der Waals surface area (Å²) in [6, 6.07) is 0.256. The van der Waals surface area contributed by atoms with Gasteiger partial charge in [0.2, 0.25) is 0 Å². The van der Waals surface area contributed by atoms with E-state index in [1.807, 2.05) is 20.8 Å². The van der Waals surface area contributed by atoms with Crippen molar-refractivity contribution in [2.24, 2.45) is 15.4 Å². The molecule has 0 fully saturated rings. The monoisotopic (exact) mass is 196 g/mol. The Hall–Kier alpha value is -1.06. The third kappa shape index (κ3) is 1.49. The van der Waals surface area contributed by atoms with Crippen molar-refractivity contribution in [1.29, 1.82) is 0 Å². The van der Waals surface area contributed by atoms with Gasteiger partial charge in [-0.2, -0.15) is 0 Å². The summed E-state index contributed by atoms with van der Waals surface area (Å²) in [7, 11) is 0. The van der Waals surface area contributed by atoms with Crippen molar-refractivity contribution in [2.75, 3.05) is 19.8 Å². The van der Waals surface area contributed by atoms with Gasteiger partial charge in [-0.05, 0) is 20.8 Å². The molecule has 4 heteroatoms. The molecule has 4 nitrogen and oxygen atoms in total. The summed E-state index contributed by atoms with van der Waals surface area (Å²) < 4.78 is 11.0. The van der Waals surface area contributed by atoms with Crippen LogP contribution in [0, 0.1) is 5.41 Å². The summed E-state index contributed by atoms with van der Waals surface area (Å²) in [5.41, 5.74) is -0.304. The van der Waals surface area contributed by atoms with Crippen molar-refractivity contribution in [3.05, 3.63) is 0 Å². The topological polar surface area (TPSA) is 43.2 Å². The number of hydrogen-bond donors (Lipinski definition) is 0. The van der Waals surface area contributed by atoms with Gasteiger partial charge >= 0.3 is 0 Å². The van der Waals surface area contributed by atoms with E-state index < -0.39 is 0 Å². The van der Waals surface area contributed by atoms with Gasteiger partial charge in [0, 0.05) is 0 Å². The van der Waals surface area contributed by atoms with Crippen molar-refractivity contribution in [3.63, 3.8) is 0 Å². The van der Waals surface area contributed by atoms with Gasteiger partial charge in [-0.25, -0.2) is 4.99 Å². The molecule has 14 heavy (non-hydrogen) atoms. The third-order valence-corrected chi connectivity index (χ3v) is 2.45. The second-order valence-corrected chi connectivity index (χ2v) is 4.25. The lowest BCUT2D eigenvalue weighted by Crippen LogP contribution is -2.34. The minimum Gasteiger partial charge on any atom is -0.478 e. The fraction of sp³-hybridized carbons (Fsp3) is 0.800. The molecule has 0 aromatic carbocycles. The molecule has 0 N–H and O–H groups in total. The highest BCUT2D eigenvalue weighted by molar-refractivity contribution is 6.05. The summed E-state index contributed by atoms with van der Waals surface area (Å²) >= 11 is 0. The van der Waals surface area contributed by atoms with Crippen LogP contribution in [0.2, 0.25) is 0 Å². The molecule has 1 unspecified atom stereocenters. The molecule has 0 aromatic heterocycles. The first-order chi connectivity index (χ1) is 6.60. The van der Waals surface area contributed by atoms with Crippen LogP contribution in [0.15, 0.2) is 9.98 Å². The lowest BCUT2D eigenvalue weighted by Gasteiger charge is -2.22. The molecular weight excluding hydrogens is 180 g/mol. The molecule has 0 saturated heterocycles. The minimum atomic E-state index is -0.304. The van der Waals surface area contributed by atoms with Gasteiger partial charge < -0.3 is 9.47 Å². The van der Waals surface area contributed by atoms with Crippen molar-refractivity contribution < 1.29 is 9.47 Å². The highest BCUT2D eigenvalue weighted by Gasteiger charge is 2.38.